The third-order valence-corrected chi connectivity index (χ3v) is 10.7. The average molecular weight is 523 g/mol. The Morgan fingerprint density at radius 2 is 1.62 bits per heavy atom. The van der Waals surface area contributed by atoms with E-state index in [-0.39, 0.29) is 18.1 Å². The molecule has 0 bridgehead atoms. The second kappa shape index (κ2) is 10.4. The molecule has 1 saturated carbocycles. The van der Waals surface area contributed by atoms with Gasteiger partial charge in [0.1, 0.15) is 17.9 Å². The molecule has 2 fully saturated rings. The molecule has 9 heteroatoms. The van der Waals surface area contributed by atoms with Crippen LogP contribution in [-0.4, -0.2) is 46.6 Å². The summed E-state index contributed by atoms with van der Waals surface area (Å²) < 4.78 is 36.1. The lowest BCUT2D eigenvalue weighted by Crippen LogP contribution is -2.44. The summed E-state index contributed by atoms with van der Waals surface area (Å²) in [6.45, 7) is 2.29. The van der Waals surface area contributed by atoms with Crippen molar-refractivity contribution < 1.29 is 17.9 Å². The van der Waals surface area contributed by atoms with Gasteiger partial charge in [-0.05, 0) is 62.1 Å². The molecule has 2 aliphatic rings. The first-order valence-electron chi connectivity index (χ1n) is 12.9. The zero-order chi connectivity index (χ0) is 26.0. The van der Waals surface area contributed by atoms with Gasteiger partial charge in [-0.25, -0.2) is 8.42 Å². The molecule has 0 unspecified atom stereocenters. The van der Waals surface area contributed by atoms with Gasteiger partial charge in [0, 0.05) is 18.6 Å². The average Bonchev–Trinajstić information content (AvgIpc) is 3.46. The highest BCUT2D eigenvalue weighted by molar-refractivity contribution is 7.89. The van der Waals surface area contributed by atoms with Crippen LogP contribution >= 0.6 is 0 Å². The number of rotatable bonds is 6. The monoisotopic (exact) mass is 522 g/mol. The Labute approximate surface area is 218 Å². The van der Waals surface area contributed by atoms with Crippen LogP contribution in [0.3, 0.4) is 0 Å². The lowest BCUT2D eigenvalue weighted by atomic mass is 9.68. The van der Waals surface area contributed by atoms with Gasteiger partial charge in [-0.2, -0.15) is 4.31 Å². The van der Waals surface area contributed by atoms with Gasteiger partial charge in [0.15, 0.2) is 0 Å². The van der Waals surface area contributed by atoms with E-state index in [1.54, 1.807) is 17.0 Å². The van der Waals surface area contributed by atoms with E-state index in [1.807, 2.05) is 66.1 Å². The summed E-state index contributed by atoms with van der Waals surface area (Å²) in [6, 6.07) is 17.5. The van der Waals surface area contributed by atoms with E-state index in [4.69, 9.17) is 4.74 Å². The molecule has 8 nitrogen and oxygen atoms in total. The first kappa shape index (κ1) is 25.6. The van der Waals surface area contributed by atoms with Gasteiger partial charge in [0.25, 0.3) is 0 Å². The Hall–Kier alpha value is -3.04. The van der Waals surface area contributed by atoms with E-state index in [9.17, 15) is 13.2 Å². The molecule has 196 valence electrons. The smallest absolute Gasteiger partial charge is 0.316 e. The zero-order valence-corrected chi connectivity index (χ0v) is 22.2. The predicted molar refractivity (Wildman–Crippen MR) is 140 cm³/mol. The fourth-order valence-corrected chi connectivity index (χ4v) is 8.26. The Kier molecular flexibility index (Phi) is 7.18. The third kappa shape index (κ3) is 4.82. The Morgan fingerprint density at radius 3 is 2.24 bits per heavy atom. The number of esters is 1. The van der Waals surface area contributed by atoms with Gasteiger partial charge in [-0.3, -0.25) is 4.79 Å². The number of carbonyl (C=O) groups excluding carboxylic acids is 1. The molecular weight excluding hydrogens is 488 g/mol. The molecule has 1 aromatic heterocycles. The van der Waals surface area contributed by atoms with Crippen molar-refractivity contribution in [2.24, 2.45) is 0 Å². The largest absolute Gasteiger partial charge is 0.468 e. The number of aromatic nitrogens is 3. The van der Waals surface area contributed by atoms with Crippen molar-refractivity contribution >= 4 is 16.0 Å². The van der Waals surface area contributed by atoms with Gasteiger partial charge >= 0.3 is 5.97 Å². The van der Waals surface area contributed by atoms with Gasteiger partial charge < -0.3 is 9.30 Å². The number of hydrogen-bond donors (Lipinski definition) is 0. The highest BCUT2D eigenvalue weighted by Gasteiger charge is 2.45. The normalized spacial score (nSPS) is 28.0. The summed E-state index contributed by atoms with van der Waals surface area (Å²) >= 11 is 0. The van der Waals surface area contributed by atoms with E-state index >= 15 is 0 Å². The Bertz CT molecular complexity index is 1300. The SMILES string of the molecule is COC(=O)[C@]1(c2ccc(CN3[C@@H](C)CC[C@H](c4ccccc4)S3(=O)=O)cc2)CC[C@@H](n2cnnc2)CC1. The molecule has 0 amide bonds. The van der Waals surface area contributed by atoms with Crippen LogP contribution in [-0.2, 0) is 31.5 Å². The maximum absolute atomic E-state index is 13.6. The minimum Gasteiger partial charge on any atom is -0.468 e. The fraction of sp³-hybridized carbons (Fsp3) is 0.464. The number of sulfonamides is 1. The van der Waals surface area contributed by atoms with Gasteiger partial charge in [-0.1, -0.05) is 54.6 Å². The van der Waals surface area contributed by atoms with Crippen LogP contribution in [0.5, 0.6) is 0 Å². The van der Waals surface area contributed by atoms with Crippen molar-refractivity contribution in [2.75, 3.05) is 7.11 Å². The quantitative estimate of drug-likeness (QED) is 0.441. The molecule has 1 saturated heterocycles. The number of carbonyl (C=O) groups is 1. The van der Waals surface area contributed by atoms with Crippen LogP contribution in [0.1, 0.15) is 73.4 Å². The molecule has 0 N–H and O–H groups in total. The molecule has 0 spiro atoms. The number of ether oxygens (including phenoxy) is 1. The van der Waals surface area contributed by atoms with Crippen LogP contribution in [0, 0.1) is 0 Å². The third-order valence-electron chi connectivity index (χ3n) is 8.28. The molecule has 2 atom stereocenters. The van der Waals surface area contributed by atoms with Crippen LogP contribution in [0.25, 0.3) is 0 Å². The van der Waals surface area contributed by atoms with Gasteiger partial charge in [0.2, 0.25) is 10.0 Å². The second-order valence-corrected chi connectivity index (χ2v) is 12.4. The maximum atomic E-state index is 13.6. The van der Waals surface area contributed by atoms with Gasteiger partial charge in [-0.15, -0.1) is 10.2 Å². The van der Waals surface area contributed by atoms with Crippen LogP contribution in [0.4, 0.5) is 0 Å². The van der Waals surface area contributed by atoms with Crippen LogP contribution < -0.4 is 0 Å². The van der Waals surface area contributed by atoms with E-state index in [2.05, 4.69) is 10.2 Å². The van der Waals surface area contributed by atoms with Crippen molar-refractivity contribution in [2.45, 2.75) is 74.7 Å². The second-order valence-electron chi connectivity index (χ2n) is 10.3. The molecule has 5 rings (SSSR count). The highest BCUT2D eigenvalue weighted by Crippen LogP contribution is 2.44. The minimum atomic E-state index is -3.51. The number of hydrogen-bond acceptors (Lipinski definition) is 6. The molecule has 2 aromatic carbocycles. The Morgan fingerprint density at radius 1 is 0.973 bits per heavy atom. The summed E-state index contributed by atoms with van der Waals surface area (Å²) in [6.07, 6.45) is 7.86. The molecule has 1 aliphatic carbocycles. The zero-order valence-electron chi connectivity index (χ0n) is 21.4. The first-order valence-corrected chi connectivity index (χ1v) is 14.4. The van der Waals surface area contributed by atoms with Gasteiger partial charge in [0.05, 0.1) is 12.5 Å². The molecular formula is C28H34N4O4S. The van der Waals surface area contributed by atoms with Crippen molar-refractivity contribution in [3.63, 3.8) is 0 Å². The summed E-state index contributed by atoms with van der Waals surface area (Å²) in [7, 11) is -2.07. The van der Waals surface area contributed by atoms with Crippen molar-refractivity contribution in [1.29, 1.82) is 0 Å². The number of benzene rings is 2. The van der Waals surface area contributed by atoms with Crippen LogP contribution in [0.2, 0.25) is 0 Å². The lowest BCUT2D eigenvalue weighted by Gasteiger charge is -2.39. The van der Waals surface area contributed by atoms with Crippen LogP contribution in [0.15, 0.2) is 67.3 Å². The van der Waals surface area contributed by atoms with E-state index in [0.717, 1.165) is 36.0 Å². The molecule has 3 aromatic rings. The molecule has 37 heavy (non-hydrogen) atoms. The van der Waals surface area contributed by atoms with Crippen molar-refractivity contribution in [1.82, 2.24) is 19.1 Å². The van der Waals surface area contributed by atoms with Crippen molar-refractivity contribution in [3.05, 3.63) is 83.9 Å². The minimum absolute atomic E-state index is 0.0704. The summed E-state index contributed by atoms with van der Waals surface area (Å²) in [4.78, 5) is 13.0. The summed E-state index contributed by atoms with van der Waals surface area (Å²) in [5.41, 5.74) is 1.96. The van der Waals surface area contributed by atoms with E-state index < -0.39 is 20.7 Å². The fourth-order valence-electron chi connectivity index (χ4n) is 6.06. The lowest BCUT2D eigenvalue weighted by molar-refractivity contribution is -0.149. The number of nitrogens with zero attached hydrogens (tertiary/aromatic N) is 4. The van der Waals surface area contributed by atoms with Crippen molar-refractivity contribution in [3.8, 4) is 0 Å². The Balaban J connectivity index is 1.35. The molecule has 2 heterocycles. The maximum Gasteiger partial charge on any atom is 0.316 e. The summed E-state index contributed by atoms with van der Waals surface area (Å²) in [5, 5.41) is 7.30. The highest BCUT2D eigenvalue weighted by atomic mass is 32.2. The predicted octanol–water partition coefficient (Wildman–Crippen LogP) is 4.56. The number of methoxy groups -OCH3 is 1. The molecule has 0 radical (unpaired) electrons. The molecule has 1 aliphatic heterocycles. The topological polar surface area (TPSA) is 94.4 Å². The standard InChI is InChI=1S/C28H34N4O4S/c1-21-8-13-26(23-6-4-3-5-7-23)37(34,35)32(21)18-22-9-11-24(12-10-22)28(27(33)36-2)16-14-25(15-17-28)31-19-29-30-20-31/h3-7,9-12,19-21,25-26H,8,13-18H2,1-2H3/t21-,25-,26+,28-/m0/s1. The van der Waals surface area contributed by atoms with E-state index in [0.29, 0.717) is 25.8 Å². The van der Waals surface area contributed by atoms with E-state index in [1.165, 1.54) is 7.11 Å². The first-order chi connectivity index (χ1) is 17.8. The summed E-state index contributed by atoms with van der Waals surface area (Å²) in [5.74, 6) is -0.222.